The third kappa shape index (κ3) is 1.90. The maximum Gasteiger partial charge on any atom is 0.329 e. The van der Waals surface area contributed by atoms with E-state index in [1.165, 1.54) is 7.05 Å². The molecule has 0 aromatic heterocycles. The summed E-state index contributed by atoms with van der Waals surface area (Å²) in [6.45, 7) is 0. The number of nitro groups is 1. The summed E-state index contributed by atoms with van der Waals surface area (Å²) in [5.41, 5.74) is -1.17. The number of nitrogens with zero attached hydrogens (tertiary/aromatic N) is 2. The average molecular weight is 223 g/mol. The third-order valence-electron chi connectivity index (χ3n) is 1.52. The molecule has 0 aliphatic heterocycles. The Hall–Kier alpha value is -1.43. The number of halogens is 3. The van der Waals surface area contributed by atoms with E-state index in [-0.39, 0.29) is 5.69 Å². The molecule has 1 aromatic carbocycles. The van der Waals surface area contributed by atoms with Crippen molar-refractivity contribution >= 4 is 23.2 Å². The van der Waals surface area contributed by atoms with Crippen LogP contribution in [-0.4, -0.2) is 12.0 Å². The van der Waals surface area contributed by atoms with Gasteiger partial charge in [-0.15, -0.1) is 0 Å². The zero-order chi connectivity index (χ0) is 10.9. The van der Waals surface area contributed by atoms with Crippen molar-refractivity contribution in [1.82, 2.24) is 0 Å². The Balaban J connectivity index is 3.44. The fourth-order valence-corrected chi connectivity index (χ4v) is 1.10. The summed E-state index contributed by atoms with van der Waals surface area (Å²) in [7, 11) is 1.24. The molecule has 0 bridgehead atoms. The molecule has 0 saturated carbocycles. The van der Waals surface area contributed by atoms with Crippen molar-refractivity contribution in [3.63, 3.8) is 0 Å². The maximum atomic E-state index is 13.0. The van der Waals surface area contributed by atoms with Crippen LogP contribution in [-0.2, 0) is 0 Å². The molecule has 0 unspecified atom stereocenters. The minimum atomic E-state index is -1.25. The fraction of sp³-hybridized carbons (Fsp3) is 0.143. The highest BCUT2D eigenvalue weighted by Crippen LogP contribution is 2.31. The van der Waals surface area contributed by atoms with E-state index in [4.69, 9.17) is 11.8 Å². The zero-order valence-corrected chi connectivity index (χ0v) is 7.76. The molecule has 4 nitrogen and oxygen atoms in total. The SMILES string of the molecule is CN(Cl)c1cc(F)cc(F)c1[N+](=O)[O-]. The van der Waals surface area contributed by atoms with Gasteiger partial charge in [0.2, 0.25) is 5.82 Å². The predicted octanol–water partition coefficient (Wildman–Crippen LogP) is 2.46. The van der Waals surface area contributed by atoms with Crippen LogP contribution in [0.4, 0.5) is 20.2 Å². The number of rotatable bonds is 2. The van der Waals surface area contributed by atoms with E-state index >= 15 is 0 Å². The molecule has 1 rings (SSSR count). The van der Waals surface area contributed by atoms with Crippen LogP contribution in [0.3, 0.4) is 0 Å². The molecule has 0 atom stereocenters. The van der Waals surface area contributed by atoms with E-state index in [0.717, 1.165) is 10.5 Å². The first-order chi connectivity index (χ1) is 6.43. The van der Waals surface area contributed by atoms with E-state index in [1.54, 1.807) is 0 Å². The summed E-state index contributed by atoms with van der Waals surface area (Å²) in [6, 6.07) is 1.22. The van der Waals surface area contributed by atoms with Crippen molar-refractivity contribution in [2.24, 2.45) is 0 Å². The Labute approximate surface area is 83.0 Å². The molecule has 0 N–H and O–H groups in total. The first kappa shape index (κ1) is 10.6. The van der Waals surface area contributed by atoms with Gasteiger partial charge in [-0.05, 0) is 0 Å². The highest BCUT2D eigenvalue weighted by Gasteiger charge is 2.23. The molecule has 0 radical (unpaired) electrons. The van der Waals surface area contributed by atoms with Crippen molar-refractivity contribution in [2.75, 3.05) is 11.5 Å². The second kappa shape index (κ2) is 3.75. The topological polar surface area (TPSA) is 46.4 Å². The lowest BCUT2D eigenvalue weighted by atomic mass is 10.2. The highest BCUT2D eigenvalue weighted by molar-refractivity contribution is 6.25. The molecule has 0 fully saturated rings. The van der Waals surface area contributed by atoms with Crippen LogP contribution in [0.2, 0.25) is 0 Å². The van der Waals surface area contributed by atoms with Gasteiger partial charge in [0.25, 0.3) is 0 Å². The van der Waals surface area contributed by atoms with Gasteiger partial charge in [-0.3, -0.25) is 14.5 Å². The molecule has 0 amide bonds. The monoisotopic (exact) mass is 222 g/mol. The Morgan fingerprint density at radius 3 is 2.50 bits per heavy atom. The van der Waals surface area contributed by atoms with Crippen molar-refractivity contribution in [2.45, 2.75) is 0 Å². The molecule has 0 spiro atoms. The second-order valence-corrected chi connectivity index (χ2v) is 3.00. The zero-order valence-electron chi connectivity index (χ0n) is 7.00. The molecule has 7 heteroatoms. The number of hydrogen-bond acceptors (Lipinski definition) is 3. The predicted molar refractivity (Wildman–Crippen MR) is 47.3 cm³/mol. The molecule has 0 heterocycles. The third-order valence-corrected chi connectivity index (χ3v) is 1.70. The van der Waals surface area contributed by atoms with Crippen LogP contribution < -0.4 is 4.42 Å². The molecule has 1 aromatic rings. The lowest BCUT2D eigenvalue weighted by Crippen LogP contribution is -2.06. The Kier molecular flexibility index (Phi) is 2.85. The molecular weight excluding hydrogens is 218 g/mol. The van der Waals surface area contributed by atoms with Crippen molar-refractivity contribution in [3.8, 4) is 0 Å². The Bertz CT molecular complexity index is 384. The first-order valence-corrected chi connectivity index (χ1v) is 3.80. The van der Waals surface area contributed by atoms with E-state index in [2.05, 4.69) is 0 Å². The van der Waals surface area contributed by atoms with Gasteiger partial charge in [0, 0.05) is 31.0 Å². The number of hydrogen-bond donors (Lipinski definition) is 0. The Morgan fingerprint density at radius 1 is 1.50 bits per heavy atom. The van der Waals surface area contributed by atoms with Gasteiger partial charge in [-0.1, -0.05) is 0 Å². The van der Waals surface area contributed by atoms with E-state index in [1.807, 2.05) is 0 Å². The number of benzene rings is 1. The van der Waals surface area contributed by atoms with Crippen molar-refractivity contribution < 1.29 is 13.7 Å². The quantitative estimate of drug-likeness (QED) is 0.439. The second-order valence-electron chi connectivity index (χ2n) is 2.49. The van der Waals surface area contributed by atoms with Gasteiger partial charge >= 0.3 is 5.69 Å². The van der Waals surface area contributed by atoms with Crippen LogP contribution >= 0.6 is 11.8 Å². The van der Waals surface area contributed by atoms with E-state index in [0.29, 0.717) is 6.07 Å². The van der Waals surface area contributed by atoms with E-state index in [9.17, 15) is 18.9 Å². The van der Waals surface area contributed by atoms with Gasteiger partial charge in [0.15, 0.2) is 0 Å². The van der Waals surface area contributed by atoms with Crippen LogP contribution in [0.25, 0.3) is 0 Å². The first-order valence-electron chi connectivity index (χ1n) is 3.46. The number of nitro benzene ring substituents is 1. The highest BCUT2D eigenvalue weighted by atomic mass is 35.5. The molecule has 0 saturated heterocycles. The summed E-state index contributed by atoms with van der Waals surface area (Å²) < 4.78 is 26.4. The van der Waals surface area contributed by atoms with Crippen LogP contribution in [0.1, 0.15) is 0 Å². The smallest absolute Gasteiger partial charge is 0.282 e. The van der Waals surface area contributed by atoms with Crippen LogP contribution in [0.15, 0.2) is 12.1 Å². The van der Waals surface area contributed by atoms with Gasteiger partial charge in [-0.25, -0.2) is 4.39 Å². The number of anilines is 1. The van der Waals surface area contributed by atoms with Gasteiger partial charge < -0.3 is 0 Å². The minimum Gasteiger partial charge on any atom is -0.282 e. The summed E-state index contributed by atoms with van der Waals surface area (Å²) in [5, 5.41) is 10.4. The fourth-order valence-electron chi connectivity index (χ4n) is 0.968. The molecule has 14 heavy (non-hydrogen) atoms. The van der Waals surface area contributed by atoms with Crippen LogP contribution in [0, 0.1) is 21.7 Å². The van der Waals surface area contributed by atoms with Gasteiger partial charge in [0.05, 0.1) is 4.92 Å². The lowest BCUT2D eigenvalue weighted by molar-refractivity contribution is -0.386. The summed E-state index contributed by atoms with van der Waals surface area (Å²) >= 11 is 5.39. The van der Waals surface area contributed by atoms with E-state index < -0.39 is 22.2 Å². The van der Waals surface area contributed by atoms with Gasteiger partial charge in [0.1, 0.15) is 11.5 Å². The Morgan fingerprint density at radius 2 is 2.07 bits per heavy atom. The summed E-state index contributed by atoms with van der Waals surface area (Å²) in [6.07, 6.45) is 0. The minimum absolute atomic E-state index is 0.325. The van der Waals surface area contributed by atoms with Crippen molar-refractivity contribution in [1.29, 1.82) is 0 Å². The summed E-state index contributed by atoms with van der Waals surface area (Å²) in [5.74, 6) is -2.17. The standard InChI is InChI=1S/C7H5ClF2N2O2/c1-11(8)6-3-4(9)2-5(10)7(6)12(13)14/h2-3H,1H3. The molecular formula is C7H5ClF2N2O2. The molecule has 0 aliphatic carbocycles. The maximum absolute atomic E-state index is 13.0. The van der Waals surface area contributed by atoms with Crippen LogP contribution in [0.5, 0.6) is 0 Å². The molecule has 0 aliphatic rings. The summed E-state index contributed by atoms with van der Waals surface area (Å²) in [4.78, 5) is 9.46. The normalized spacial score (nSPS) is 10.0. The lowest BCUT2D eigenvalue weighted by Gasteiger charge is -2.09. The van der Waals surface area contributed by atoms with Gasteiger partial charge in [-0.2, -0.15) is 4.39 Å². The van der Waals surface area contributed by atoms with Crippen molar-refractivity contribution in [3.05, 3.63) is 33.9 Å². The average Bonchev–Trinajstić information content (AvgIpc) is 2.01. The molecule has 76 valence electrons. The largest absolute Gasteiger partial charge is 0.329 e.